The number of ketones is 1. The monoisotopic (exact) mass is 364 g/mol. The van der Waals surface area contributed by atoms with Gasteiger partial charge in [0, 0.05) is 0 Å². The summed E-state index contributed by atoms with van der Waals surface area (Å²) in [5, 5.41) is 9.94. The van der Waals surface area contributed by atoms with E-state index in [9.17, 15) is 9.90 Å². The van der Waals surface area contributed by atoms with E-state index in [4.69, 9.17) is 4.55 Å². The van der Waals surface area contributed by atoms with Crippen LogP contribution in [0.2, 0.25) is 0 Å². The standard InChI is InChI=1S/C19H24O2.C2H6.H2OS/c1-4-8-19-10-7-14-13(2)6-5-9-18(14,3)17(19)11-15(20)16(21)12-19;2*1-2/h11-14,21H,5-7,9-10H2,1-3H3;1-2H3;1-2H. The molecular weight excluding hydrogens is 332 g/mol. The average Bonchev–Trinajstić information content (AvgIpc) is 2.61. The van der Waals surface area contributed by atoms with Crippen LogP contribution >= 0.6 is 12.9 Å². The van der Waals surface area contributed by atoms with Gasteiger partial charge < -0.3 is 9.66 Å². The fourth-order valence-electron chi connectivity index (χ4n) is 5.11. The third-order valence-electron chi connectivity index (χ3n) is 6.07. The van der Waals surface area contributed by atoms with Gasteiger partial charge in [-0.05, 0) is 74.1 Å². The van der Waals surface area contributed by atoms with Crippen molar-refractivity contribution in [3.8, 4) is 11.8 Å². The molecule has 0 saturated heterocycles. The van der Waals surface area contributed by atoms with Crippen molar-refractivity contribution in [1.29, 1.82) is 0 Å². The predicted octanol–water partition coefficient (Wildman–Crippen LogP) is 5.60. The van der Waals surface area contributed by atoms with E-state index in [1.54, 1.807) is 12.2 Å². The van der Waals surface area contributed by atoms with Gasteiger partial charge in [-0.1, -0.05) is 46.5 Å². The summed E-state index contributed by atoms with van der Waals surface area (Å²) in [4.78, 5) is 12.1. The van der Waals surface area contributed by atoms with Crippen molar-refractivity contribution in [2.75, 3.05) is 0 Å². The fraction of sp³-hybridized carbons (Fsp3) is 0.667. The quantitative estimate of drug-likeness (QED) is 0.298. The van der Waals surface area contributed by atoms with Crippen molar-refractivity contribution >= 4 is 18.7 Å². The first kappa shape index (κ1) is 21.9. The third kappa shape index (κ3) is 3.83. The first-order chi connectivity index (χ1) is 11.9. The molecule has 2 fully saturated rings. The second kappa shape index (κ2) is 8.96. The highest BCUT2D eigenvalue weighted by Crippen LogP contribution is 2.62. The first-order valence-corrected chi connectivity index (χ1v) is 9.66. The Bertz CT molecular complexity index is 610. The van der Waals surface area contributed by atoms with E-state index in [-0.39, 0.29) is 17.0 Å². The molecule has 3 aliphatic carbocycles. The molecule has 4 heteroatoms. The largest absolute Gasteiger partial charge is 0.504 e. The number of hydrogen-bond donors (Lipinski definition) is 3. The molecular formula is C21H32O3S. The molecule has 0 amide bonds. The smallest absolute Gasteiger partial charge is 0.219 e. The van der Waals surface area contributed by atoms with E-state index >= 15 is 0 Å². The highest BCUT2D eigenvalue weighted by molar-refractivity contribution is 7.74. The normalized spacial score (nSPS) is 35.7. The minimum atomic E-state index is -0.422. The maximum atomic E-state index is 12.1. The SMILES string of the molecule is CC.CC#CC12C=C(O)C(=O)C=C1C1(C)CCCC(C)C1CC2.OS. The number of carbonyl (C=O) groups excluding carboxylic acids is 1. The number of allylic oxidation sites excluding steroid dienone is 3. The van der Waals surface area contributed by atoms with Crippen molar-refractivity contribution in [2.24, 2.45) is 22.7 Å². The second-order valence-corrected chi connectivity index (χ2v) is 7.23. The van der Waals surface area contributed by atoms with Crippen LogP contribution in [0.15, 0.2) is 23.5 Å². The lowest BCUT2D eigenvalue weighted by molar-refractivity contribution is -0.114. The molecule has 0 aromatic heterocycles. The van der Waals surface area contributed by atoms with Crippen molar-refractivity contribution in [2.45, 2.75) is 66.7 Å². The van der Waals surface area contributed by atoms with Gasteiger partial charge in [-0.25, -0.2) is 0 Å². The van der Waals surface area contributed by atoms with E-state index in [0.717, 1.165) is 24.8 Å². The number of fused-ring (bicyclic) bond motifs is 3. The Balaban J connectivity index is 0.000000730. The highest BCUT2D eigenvalue weighted by Gasteiger charge is 2.54. The lowest BCUT2D eigenvalue weighted by Gasteiger charge is -2.55. The second-order valence-electron chi connectivity index (χ2n) is 7.23. The van der Waals surface area contributed by atoms with Gasteiger partial charge in [0.1, 0.15) is 0 Å². The molecule has 4 unspecified atom stereocenters. The van der Waals surface area contributed by atoms with Crippen LogP contribution in [0.5, 0.6) is 0 Å². The molecule has 2 N–H and O–H groups in total. The summed E-state index contributed by atoms with van der Waals surface area (Å²) in [5.41, 5.74) is 0.789. The van der Waals surface area contributed by atoms with Gasteiger partial charge in [0.15, 0.2) is 5.76 Å². The molecule has 0 bridgehead atoms. The summed E-state index contributed by atoms with van der Waals surface area (Å²) in [6, 6.07) is 0. The first-order valence-electron chi connectivity index (χ1n) is 9.26. The van der Waals surface area contributed by atoms with Crippen LogP contribution in [0, 0.1) is 34.5 Å². The van der Waals surface area contributed by atoms with E-state index in [1.807, 2.05) is 20.8 Å². The lowest BCUT2D eigenvalue weighted by Crippen LogP contribution is -2.48. The maximum Gasteiger partial charge on any atom is 0.219 e. The van der Waals surface area contributed by atoms with Crippen LogP contribution < -0.4 is 0 Å². The van der Waals surface area contributed by atoms with Gasteiger partial charge in [0.05, 0.1) is 5.41 Å². The van der Waals surface area contributed by atoms with Crippen molar-refractivity contribution < 1.29 is 14.5 Å². The molecule has 0 aromatic rings. The van der Waals surface area contributed by atoms with Crippen LogP contribution in [0.25, 0.3) is 0 Å². The molecule has 2 saturated carbocycles. The summed E-state index contributed by atoms with van der Waals surface area (Å²) >= 11 is 2.53. The Morgan fingerprint density at radius 1 is 1.24 bits per heavy atom. The van der Waals surface area contributed by atoms with E-state index in [2.05, 4.69) is 38.6 Å². The summed E-state index contributed by atoms with van der Waals surface area (Å²) in [6.45, 7) is 10.5. The number of carbonyl (C=O) groups is 1. The van der Waals surface area contributed by atoms with Crippen molar-refractivity contribution in [3.05, 3.63) is 23.5 Å². The highest BCUT2D eigenvalue weighted by atomic mass is 32.1. The summed E-state index contributed by atoms with van der Waals surface area (Å²) in [6.07, 6.45) is 9.10. The van der Waals surface area contributed by atoms with Crippen LogP contribution in [-0.4, -0.2) is 15.4 Å². The molecule has 0 radical (unpaired) electrons. The van der Waals surface area contributed by atoms with Crippen LogP contribution in [0.4, 0.5) is 0 Å². The van der Waals surface area contributed by atoms with E-state index in [0.29, 0.717) is 11.8 Å². The zero-order chi connectivity index (χ0) is 19.3. The molecule has 0 spiro atoms. The van der Waals surface area contributed by atoms with Gasteiger partial charge >= 0.3 is 0 Å². The van der Waals surface area contributed by atoms with Gasteiger partial charge in [0.2, 0.25) is 5.78 Å². The van der Waals surface area contributed by atoms with Crippen LogP contribution in [0.1, 0.15) is 66.7 Å². The van der Waals surface area contributed by atoms with Crippen LogP contribution in [-0.2, 0) is 4.79 Å². The molecule has 0 heterocycles. The zero-order valence-corrected chi connectivity index (χ0v) is 17.0. The van der Waals surface area contributed by atoms with Crippen molar-refractivity contribution in [3.63, 3.8) is 0 Å². The van der Waals surface area contributed by atoms with E-state index in [1.165, 1.54) is 12.8 Å². The van der Waals surface area contributed by atoms with Gasteiger partial charge in [-0.3, -0.25) is 4.79 Å². The Labute approximate surface area is 158 Å². The molecule has 3 aliphatic rings. The number of thiol groups is 1. The Morgan fingerprint density at radius 3 is 2.48 bits per heavy atom. The molecule has 25 heavy (non-hydrogen) atoms. The molecule has 4 atom stereocenters. The molecule has 3 nitrogen and oxygen atoms in total. The maximum absolute atomic E-state index is 12.1. The Morgan fingerprint density at radius 2 is 1.88 bits per heavy atom. The number of hydrogen-bond acceptors (Lipinski definition) is 4. The van der Waals surface area contributed by atoms with E-state index < -0.39 is 5.41 Å². The fourth-order valence-corrected chi connectivity index (χ4v) is 5.11. The zero-order valence-electron chi connectivity index (χ0n) is 16.1. The summed E-state index contributed by atoms with van der Waals surface area (Å²) in [5.74, 6) is 7.29. The summed E-state index contributed by atoms with van der Waals surface area (Å²) < 4.78 is 6.69. The average molecular weight is 365 g/mol. The minimum Gasteiger partial charge on any atom is -0.504 e. The van der Waals surface area contributed by atoms with Gasteiger partial charge in [0.25, 0.3) is 0 Å². The molecule has 0 aromatic carbocycles. The topological polar surface area (TPSA) is 57.5 Å². The molecule has 0 aliphatic heterocycles. The number of rotatable bonds is 0. The molecule has 3 rings (SSSR count). The van der Waals surface area contributed by atoms with Crippen LogP contribution in [0.3, 0.4) is 0 Å². The lowest BCUT2D eigenvalue weighted by atomic mass is 9.48. The minimum absolute atomic E-state index is 0.0482. The van der Waals surface area contributed by atoms with Crippen molar-refractivity contribution in [1.82, 2.24) is 0 Å². The van der Waals surface area contributed by atoms with Gasteiger partial charge in [-0.15, -0.1) is 5.92 Å². The van der Waals surface area contributed by atoms with Gasteiger partial charge in [-0.2, -0.15) is 0 Å². The Hall–Kier alpha value is -1.18. The summed E-state index contributed by atoms with van der Waals surface area (Å²) in [7, 11) is 0. The third-order valence-corrected chi connectivity index (χ3v) is 6.07. The predicted molar refractivity (Wildman–Crippen MR) is 106 cm³/mol. The molecule has 140 valence electrons. The Kier molecular flexibility index (Phi) is 7.84. The number of aliphatic hydroxyl groups excluding tert-OH is 1. The number of aliphatic hydroxyl groups is 1.